The summed E-state index contributed by atoms with van der Waals surface area (Å²) in [5, 5.41) is 0. The molecule has 1 aromatic rings. The highest BCUT2D eigenvalue weighted by atomic mass is 35.5. The highest BCUT2D eigenvalue weighted by molar-refractivity contribution is 6.27. The number of pyridine rings is 1. The quantitative estimate of drug-likeness (QED) is 0.802. The fourth-order valence-electron chi connectivity index (χ4n) is 3.39. The molecule has 2 aliphatic heterocycles. The third-order valence-corrected chi connectivity index (χ3v) is 4.67. The molecule has 5 heteroatoms. The molecule has 114 valence electrons. The summed E-state index contributed by atoms with van der Waals surface area (Å²) in [6, 6.07) is 6.30. The summed E-state index contributed by atoms with van der Waals surface area (Å²) in [5.74, 6) is 0.0789. The maximum absolute atomic E-state index is 11.9. The third kappa shape index (κ3) is 3.38. The molecule has 0 bridgehead atoms. The molecule has 2 saturated heterocycles. The molecule has 2 fully saturated rings. The van der Waals surface area contributed by atoms with E-state index in [1.807, 2.05) is 11.0 Å². The van der Waals surface area contributed by atoms with Crippen LogP contribution in [0.25, 0.3) is 0 Å². The van der Waals surface area contributed by atoms with E-state index in [-0.39, 0.29) is 17.8 Å². The number of amides is 1. The zero-order chi connectivity index (χ0) is 14.7. The average Bonchev–Trinajstić information content (AvgIpc) is 3.17. The fraction of sp³-hybridized carbons (Fsp3) is 0.625. The van der Waals surface area contributed by atoms with Gasteiger partial charge < -0.3 is 4.90 Å². The maximum Gasteiger partial charge on any atom is 0.238 e. The molecule has 1 aromatic heterocycles. The Hall–Kier alpha value is -1.13. The van der Waals surface area contributed by atoms with Crippen molar-refractivity contribution in [2.24, 2.45) is 0 Å². The first-order chi connectivity index (χ1) is 10.3. The zero-order valence-corrected chi connectivity index (χ0v) is 13.1. The molecular formula is C16H22ClN3O. The number of hydrogen-bond acceptors (Lipinski definition) is 3. The van der Waals surface area contributed by atoms with Gasteiger partial charge in [-0.25, -0.2) is 0 Å². The lowest BCUT2D eigenvalue weighted by Crippen LogP contribution is -2.32. The lowest BCUT2D eigenvalue weighted by atomic mass is 10.1. The Balaban J connectivity index is 1.73. The number of rotatable bonds is 4. The molecule has 0 aliphatic carbocycles. The van der Waals surface area contributed by atoms with Crippen molar-refractivity contribution in [1.82, 2.24) is 14.8 Å². The van der Waals surface area contributed by atoms with Gasteiger partial charge in [0.05, 0.1) is 17.4 Å². The summed E-state index contributed by atoms with van der Waals surface area (Å²) in [6.45, 7) is 4.07. The fourth-order valence-corrected chi connectivity index (χ4v) is 3.54. The van der Waals surface area contributed by atoms with Crippen molar-refractivity contribution in [1.29, 1.82) is 0 Å². The summed E-state index contributed by atoms with van der Waals surface area (Å²) in [6.07, 6.45) is 4.61. The highest BCUT2D eigenvalue weighted by Crippen LogP contribution is 2.31. The van der Waals surface area contributed by atoms with Gasteiger partial charge in [0, 0.05) is 13.1 Å². The Labute approximate surface area is 131 Å². The molecule has 21 heavy (non-hydrogen) atoms. The molecule has 1 amide bonds. The number of alkyl halides is 1. The topological polar surface area (TPSA) is 36.4 Å². The predicted molar refractivity (Wildman–Crippen MR) is 83.2 cm³/mol. The monoisotopic (exact) mass is 307 g/mol. The Kier molecular flexibility index (Phi) is 4.76. The van der Waals surface area contributed by atoms with Gasteiger partial charge in [0.25, 0.3) is 0 Å². The van der Waals surface area contributed by atoms with Crippen LogP contribution in [0.3, 0.4) is 0 Å². The van der Waals surface area contributed by atoms with Gasteiger partial charge in [-0.15, -0.1) is 11.6 Å². The first-order valence-corrected chi connectivity index (χ1v) is 8.35. The van der Waals surface area contributed by atoms with E-state index >= 15 is 0 Å². The molecule has 3 rings (SSSR count). The lowest BCUT2D eigenvalue weighted by Gasteiger charge is -2.24. The second kappa shape index (κ2) is 6.75. The van der Waals surface area contributed by atoms with Crippen LogP contribution in [0, 0.1) is 0 Å². The number of nitrogens with zero attached hydrogens (tertiary/aromatic N) is 3. The molecule has 0 N–H and O–H groups in total. The van der Waals surface area contributed by atoms with E-state index < -0.39 is 0 Å². The average molecular weight is 308 g/mol. The third-order valence-electron chi connectivity index (χ3n) is 4.44. The molecule has 1 atom stereocenters. The maximum atomic E-state index is 11.9. The largest absolute Gasteiger partial charge is 0.333 e. The number of carbonyl (C=O) groups excluding carboxylic acids is 1. The van der Waals surface area contributed by atoms with Crippen LogP contribution >= 0.6 is 11.6 Å². The molecule has 0 radical (unpaired) electrons. The van der Waals surface area contributed by atoms with Crippen LogP contribution in [0.2, 0.25) is 0 Å². The van der Waals surface area contributed by atoms with Crippen molar-refractivity contribution in [3.8, 4) is 0 Å². The minimum Gasteiger partial charge on any atom is -0.333 e. The summed E-state index contributed by atoms with van der Waals surface area (Å²) in [5.41, 5.74) is 2.13. The van der Waals surface area contributed by atoms with Gasteiger partial charge in [0.1, 0.15) is 5.88 Å². The van der Waals surface area contributed by atoms with Crippen molar-refractivity contribution in [2.75, 3.05) is 25.5 Å². The standard InChI is InChI=1S/C16H22ClN3O/c17-11-16(21)20-10-4-7-15(20)14-6-3-5-13(18-14)12-19-8-1-2-9-19/h3,5-6,15H,1-2,4,7-12H2. The molecule has 2 aliphatic rings. The van der Waals surface area contributed by atoms with E-state index in [0.717, 1.165) is 37.3 Å². The smallest absolute Gasteiger partial charge is 0.238 e. The molecule has 4 nitrogen and oxygen atoms in total. The first-order valence-electron chi connectivity index (χ1n) is 7.81. The van der Waals surface area contributed by atoms with Crippen LogP contribution in [0.5, 0.6) is 0 Å². The van der Waals surface area contributed by atoms with Gasteiger partial charge in [-0.1, -0.05) is 6.07 Å². The molecule has 3 heterocycles. The van der Waals surface area contributed by atoms with Gasteiger partial charge in [-0.05, 0) is 50.9 Å². The second-order valence-corrected chi connectivity index (χ2v) is 6.18. The Morgan fingerprint density at radius 2 is 2.05 bits per heavy atom. The van der Waals surface area contributed by atoms with Crippen molar-refractivity contribution in [3.05, 3.63) is 29.6 Å². The van der Waals surface area contributed by atoms with Crippen molar-refractivity contribution < 1.29 is 4.79 Å². The molecule has 0 aromatic carbocycles. The molecule has 0 spiro atoms. The highest BCUT2D eigenvalue weighted by Gasteiger charge is 2.30. The number of aromatic nitrogens is 1. The normalized spacial score (nSPS) is 22.9. The van der Waals surface area contributed by atoms with Crippen molar-refractivity contribution in [3.63, 3.8) is 0 Å². The van der Waals surface area contributed by atoms with Gasteiger partial charge >= 0.3 is 0 Å². The van der Waals surface area contributed by atoms with E-state index in [4.69, 9.17) is 16.6 Å². The van der Waals surface area contributed by atoms with Crippen LogP contribution in [0.15, 0.2) is 18.2 Å². The Morgan fingerprint density at radius 3 is 2.81 bits per heavy atom. The number of halogens is 1. The SMILES string of the molecule is O=C(CCl)N1CCCC1c1cccc(CN2CCCC2)n1. The summed E-state index contributed by atoms with van der Waals surface area (Å²) < 4.78 is 0. The summed E-state index contributed by atoms with van der Waals surface area (Å²) >= 11 is 5.71. The van der Waals surface area contributed by atoms with Gasteiger partial charge in [-0.3, -0.25) is 14.7 Å². The van der Waals surface area contributed by atoms with Gasteiger partial charge in [0.15, 0.2) is 0 Å². The Morgan fingerprint density at radius 1 is 1.24 bits per heavy atom. The van der Waals surface area contributed by atoms with Gasteiger partial charge in [0.2, 0.25) is 5.91 Å². The van der Waals surface area contributed by atoms with E-state index in [0.29, 0.717) is 0 Å². The predicted octanol–water partition coefficient (Wildman–Crippen LogP) is 2.58. The number of likely N-dealkylation sites (tertiary alicyclic amines) is 2. The van der Waals surface area contributed by atoms with E-state index in [9.17, 15) is 4.79 Å². The van der Waals surface area contributed by atoms with Gasteiger partial charge in [-0.2, -0.15) is 0 Å². The molecular weight excluding hydrogens is 286 g/mol. The second-order valence-electron chi connectivity index (χ2n) is 5.92. The minimum atomic E-state index is 0.0194. The van der Waals surface area contributed by atoms with Crippen LogP contribution in [0.4, 0.5) is 0 Å². The van der Waals surface area contributed by atoms with E-state index in [1.165, 1.54) is 25.9 Å². The first kappa shape index (κ1) is 14.8. The summed E-state index contributed by atoms with van der Waals surface area (Å²) in [4.78, 5) is 21.1. The summed E-state index contributed by atoms with van der Waals surface area (Å²) in [7, 11) is 0. The number of hydrogen-bond donors (Lipinski definition) is 0. The molecule has 1 unspecified atom stereocenters. The van der Waals surface area contributed by atoms with Crippen LogP contribution in [-0.4, -0.2) is 46.2 Å². The molecule has 0 saturated carbocycles. The van der Waals surface area contributed by atoms with Crippen molar-refractivity contribution in [2.45, 2.75) is 38.3 Å². The lowest BCUT2D eigenvalue weighted by molar-refractivity contribution is -0.129. The minimum absolute atomic E-state index is 0.0194. The van der Waals surface area contributed by atoms with Crippen LogP contribution in [-0.2, 0) is 11.3 Å². The van der Waals surface area contributed by atoms with E-state index in [1.54, 1.807) is 0 Å². The van der Waals surface area contributed by atoms with E-state index in [2.05, 4.69) is 17.0 Å². The van der Waals surface area contributed by atoms with Crippen LogP contribution in [0.1, 0.15) is 43.1 Å². The van der Waals surface area contributed by atoms with Crippen LogP contribution < -0.4 is 0 Å². The zero-order valence-electron chi connectivity index (χ0n) is 12.3. The van der Waals surface area contributed by atoms with Crippen molar-refractivity contribution >= 4 is 17.5 Å². The number of carbonyl (C=O) groups is 1. The Bertz CT molecular complexity index is 502.